The fourth-order valence-electron chi connectivity index (χ4n) is 3.59. The summed E-state index contributed by atoms with van der Waals surface area (Å²) in [6, 6.07) is 28.4. The molecule has 2 N–H and O–H groups in total. The fraction of sp³-hybridized carbons (Fsp3) is 0.138. The average Bonchev–Trinajstić information content (AvgIpc) is 2.92. The highest BCUT2D eigenvalue weighted by molar-refractivity contribution is 5.96. The Morgan fingerprint density at radius 1 is 0.857 bits per heavy atom. The van der Waals surface area contributed by atoms with Crippen LogP contribution in [0.5, 0.6) is 5.75 Å². The maximum atomic E-state index is 12.4. The van der Waals surface area contributed by atoms with Crippen molar-refractivity contribution >= 4 is 11.8 Å². The van der Waals surface area contributed by atoms with Crippen LogP contribution in [0, 0.1) is 0 Å². The lowest BCUT2D eigenvalue weighted by Gasteiger charge is -2.15. The number of nitrogens with zero attached hydrogens (tertiary/aromatic N) is 1. The number of carbonyl (C=O) groups is 2. The molecule has 0 bridgehead atoms. The van der Waals surface area contributed by atoms with Gasteiger partial charge in [-0.2, -0.15) is 0 Å². The number of hydrogen-bond donors (Lipinski definition) is 2. The van der Waals surface area contributed by atoms with E-state index in [9.17, 15) is 9.59 Å². The molecule has 1 atom stereocenters. The van der Waals surface area contributed by atoms with Gasteiger partial charge in [0, 0.05) is 23.5 Å². The van der Waals surface area contributed by atoms with Crippen molar-refractivity contribution in [3.8, 4) is 16.9 Å². The normalized spacial score (nSPS) is 11.3. The molecule has 0 fully saturated rings. The molecular weight excluding hydrogens is 438 g/mol. The van der Waals surface area contributed by atoms with Gasteiger partial charge in [-0.3, -0.25) is 14.6 Å². The molecule has 35 heavy (non-hydrogen) atoms. The van der Waals surface area contributed by atoms with E-state index in [1.54, 1.807) is 24.5 Å². The summed E-state index contributed by atoms with van der Waals surface area (Å²) in [7, 11) is 0. The molecule has 0 aliphatic heterocycles. The van der Waals surface area contributed by atoms with Crippen LogP contribution in [0.1, 0.15) is 34.5 Å². The number of rotatable bonds is 9. The minimum absolute atomic E-state index is 0.101. The Kier molecular flexibility index (Phi) is 7.86. The van der Waals surface area contributed by atoms with Gasteiger partial charge in [0.15, 0.2) is 0 Å². The highest BCUT2D eigenvalue weighted by atomic mass is 16.5. The van der Waals surface area contributed by atoms with Crippen LogP contribution in [0.3, 0.4) is 0 Å². The molecule has 6 nitrogen and oxygen atoms in total. The molecule has 3 aromatic carbocycles. The number of aromatic nitrogens is 1. The third kappa shape index (κ3) is 6.77. The number of carbonyl (C=O) groups excluding carboxylic acids is 2. The Labute approximate surface area is 205 Å². The Hall–Kier alpha value is -4.45. The first-order valence-corrected chi connectivity index (χ1v) is 11.4. The molecule has 0 aliphatic rings. The predicted molar refractivity (Wildman–Crippen MR) is 136 cm³/mol. The molecule has 0 saturated carbocycles. The summed E-state index contributed by atoms with van der Waals surface area (Å²) in [4.78, 5) is 28.9. The maximum Gasteiger partial charge on any atom is 0.251 e. The summed E-state index contributed by atoms with van der Waals surface area (Å²) in [5.74, 6) is 0.188. The van der Waals surface area contributed by atoms with Crippen molar-refractivity contribution in [3.05, 3.63) is 120 Å². The Bertz CT molecular complexity index is 1240. The predicted octanol–water partition coefficient (Wildman–Crippen LogP) is 4.93. The van der Waals surface area contributed by atoms with E-state index in [-0.39, 0.29) is 24.4 Å². The minimum Gasteiger partial charge on any atom is -0.489 e. The first-order valence-electron chi connectivity index (χ1n) is 11.4. The largest absolute Gasteiger partial charge is 0.489 e. The van der Waals surface area contributed by atoms with E-state index in [1.807, 2.05) is 85.8 Å². The van der Waals surface area contributed by atoms with Crippen LogP contribution in [-0.4, -0.2) is 23.3 Å². The van der Waals surface area contributed by atoms with Gasteiger partial charge in [-0.15, -0.1) is 0 Å². The SMILES string of the molecule is CC(NC(=O)CNC(=O)c1ccc(-c2ccccc2)cc1)c1ccc(OCc2cccnc2)cc1. The van der Waals surface area contributed by atoms with E-state index in [0.29, 0.717) is 12.2 Å². The number of hydrogen-bond acceptors (Lipinski definition) is 4. The zero-order valence-electron chi connectivity index (χ0n) is 19.5. The van der Waals surface area contributed by atoms with Crippen LogP contribution in [0.25, 0.3) is 11.1 Å². The number of benzene rings is 3. The minimum atomic E-state index is -0.289. The van der Waals surface area contributed by atoms with E-state index in [1.165, 1.54) is 0 Å². The van der Waals surface area contributed by atoms with Crippen LogP contribution in [0.2, 0.25) is 0 Å². The first kappa shape index (κ1) is 23.7. The first-order chi connectivity index (χ1) is 17.1. The van der Waals surface area contributed by atoms with E-state index >= 15 is 0 Å². The second kappa shape index (κ2) is 11.6. The van der Waals surface area contributed by atoms with E-state index in [4.69, 9.17) is 4.74 Å². The van der Waals surface area contributed by atoms with Gasteiger partial charge in [0.25, 0.3) is 5.91 Å². The van der Waals surface area contributed by atoms with Crippen molar-refractivity contribution in [3.63, 3.8) is 0 Å². The molecule has 0 spiro atoms. The van der Waals surface area contributed by atoms with E-state index < -0.39 is 0 Å². The quantitative estimate of drug-likeness (QED) is 0.367. The summed E-state index contributed by atoms with van der Waals surface area (Å²) >= 11 is 0. The zero-order chi connectivity index (χ0) is 24.5. The second-order valence-electron chi connectivity index (χ2n) is 8.13. The number of nitrogens with one attached hydrogen (secondary N) is 2. The smallest absolute Gasteiger partial charge is 0.251 e. The molecule has 2 amide bonds. The Balaban J connectivity index is 1.23. The molecule has 176 valence electrons. The van der Waals surface area contributed by atoms with Crippen LogP contribution >= 0.6 is 0 Å². The van der Waals surface area contributed by atoms with Gasteiger partial charge in [-0.05, 0) is 53.9 Å². The summed E-state index contributed by atoms with van der Waals surface area (Å²) in [6.07, 6.45) is 3.49. The molecule has 0 aliphatic carbocycles. The highest BCUT2D eigenvalue weighted by Crippen LogP contribution is 2.20. The fourth-order valence-corrected chi connectivity index (χ4v) is 3.59. The van der Waals surface area contributed by atoms with Gasteiger partial charge in [-0.1, -0.05) is 60.7 Å². The lowest BCUT2D eigenvalue weighted by atomic mass is 10.0. The van der Waals surface area contributed by atoms with E-state index in [0.717, 1.165) is 28.0 Å². The number of amides is 2. The van der Waals surface area contributed by atoms with Crippen LogP contribution < -0.4 is 15.4 Å². The Morgan fingerprint density at radius 3 is 2.26 bits per heavy atom. The second-order valence-corrected chi connectivity index (χ2v) is 8.13. The van der Waals surface area contributed by atoms with Crippen molar-refractivity contribution in [2.45, 2.75) is 19.6 Å². The van der Waals surface area contributed by atoms with Gasteiger partial charge in [-0.25, -0.2) is 0 Å². The maximum absolute atomic E-state index is 12.4. The van der Waals surface area contributed by atoms with E-state index in [2.05, 4.69) is 15.6 Å². The summed E-state index contributed by atoms with van der Waals surface area (Å²) < 4.78 is 5.77. The molecule has 4 aromatic rings. The van der Waals surface area contributed by atoms with Crippen LogP contribution in [0.4, 0.5) is 0 Å². The van der Waals surface area contributed by atoms with Gasteiger partial charge in [0.05, 0.1) is 12.6 Å². The molecule has 4 rings (SSSR count). The highest BCUT2D eigenvalue weighted by Gasteiger charge is 2.12. The van der Waals surface area contributed by atoms with Gasteiger partial charge in [0.2, 0.25) is 5.91 Å². The number of pyridine rings is 1. The molecule has 0 radical (unpaired) electrons. The third-order valence-corrected chi connectivity index (χ3v) is 5.55. The molecule has 1 unspecified atom stereocenters. The lowest BCUT2D eigenvalue weighted by Crippen LogP contribution is -2.38. The standard InChI is InChI=1S/C29H27N3O3/c1-21(23-13-15-27(16-14-23)35-20-22-6-5-17-30-18-22)32-28(33)19-31-29(34)26-11-9-25(10-12-26)24-7-3-2-4-8-24/h2-18,21H,19-20H2,1H3,(H,31,34)(H,32,33). The molecule has 1 aromatic heterocycles. The Morgan fingerprint density at radius 2 is 1.57 bits per heavy atom. The molecule has 0 saturated heterocycles. The zero-order valence-corrected chi connectivity index (χ0v) is 19.5. The van der Waals surface area contributed by atoms with Crippen molar-refractivity contribution in [1.82, 2.24) is 15.6 Å². The molecule has 6 heteroatoms. The lowest BCUT2D eigenvalue weighted by molar-refractivity contribution is -0.120. The van der Waals surface area contributed by atoms with Crippen molar-refractivity contribution < 1.29 is 14.3 Å². The molecule has 1 heterocycles. The number of ether oxygens (including phenoxy) is 1. The van der Waals surface area contributed by atoms with Gasteiger partial charge in [0.1, 0.15) is 12.4 Å². The molecular formula is C29H27N3O3. The summed E-state index contributed by atoms with van der Waals surface area (Å²) in [6.45, 7) is 2.23. The van der Waals surface area contributed by atoms with Crippen molar-refractivity contribution in [2.24, 2.45) is 0 Å². The van der Waals surface area contributed by atoms with Crippen molar-refractivity contribution in [1.29, 1.82) is 0 Å². The topological polar surface area (TPSA) is 80.3 Å². The van der Waals surface area contributed by atoms with Crippen molar-refractivity contribution in [2.75, 3.05) is 6.54 Å². The average molecular weight is 466 g/mol. The van der Waals surface area contributed by atoms with Gasteiger partial charge < -0.3 is 15.4 Å². The summed E-state index contributed by atoms with van der Waals surface area (Å²) in [5, 5.41) is 5.59. The monoisotopic (exact) mass is 465 g/mol. The summed E-state index contributed by atoms with van der Waals surface area (Å²) in [5.41, 5.74) is 4.55. The van der Waals surface area contributed by atoms with Gasteiger partial charge >= 0.3 is 0 Å². The van der Waals surface area contributed by atoms with Crippen LogP contribution in [0.15, 0.2) is 103 Å². The van der Waals surface area contributed by atoms with Crippen LogP contribution in [-0.2, 0) is 11.4 Å². The third-order valence-electron chi connectivity index (χ3n) is 5.55.